The first kappa shape index (κ1) is 15.6. The zero-order valence-electron chi connectivity index (χ0n) is 12.1. The smallest absolute Gasteiger partial charge is 0.292 e. The molecular weight excluding hydrogens is 335 g/mol. The Morgan fingerprint density at radius 1 is 1.13 bits per heavy atom. The third-order valence-electron chi connectivity index (χ3n) is 3.33. The Morgan fingerprint density at radius 3 is 2.70 bits per heavy atom. The Hall–Kier alpha value is -2.30. The summed E-state index contributed by atoms with van der Waals surface area (Å²) in [6, 6.07) is 12.2. The van der Waals surface area contributed by atoms with E-state index in [9.17, 15) is 4.79 Å². The summed E-state index contributed by atoms with van der Waals surface area (Å²) in [5.41, 5.74) is 1.75. The number of anilines is 1. The van der Waals surface area contributed by atoms with Gasteiger partial charge in [-0.3, -0.25) is 4.79 Å². The van der Waals surface area contributed by atoms with E-state index in [0.29, 0.717) is 21.6 Å². The van der Waals surface area contributed by atoms with E-state index in [4.69, 9.17) is 27.6 Å². The second-order valence-electron chi connectivity index (χ2n) is 4.89. The normalized spacial score (nSPS) is 10.6. The maximum atomic E-state index is 12.2. The lowest BCUT2D eigenvalue weighted by atomic mass is 10.1. The van der Waals surface area contributed by atoms with Crippen molar-refractivity contribution in [3.63, 3.8) is 0 Å². The first-order valence-electron chi connectivity index (χ1n) is 6.83. The van der Waals surface area contributed by atoms with E-state index in [-0.39, 0.29) is 11.7 Å². The number of hydrogen-bond donors (Lipinski definition) is 1. The van der Waals surface area contributed by atoms with Gasteiger partial charge in [0.2, 0.25) is 0 Å². The van der Waals surface area contributed by atoms with Crippen LogP contribution >= 0.6 is 23.2 Å². The van der Waals surface area contributed by atoms with Crippen molar-refractivity contribution in [2.75, 3.05) is 5.32 Å². The van der Waals surface area contributed by atoms with Crippen molar-refractivity contribution in [3.8, 4) is 11.3 Å². The lowest BCUT2D eigenvalue weighted by molar-refractivity contribution is 0.0997. The van der Waals surface area contributed by atoms with Crippen molar-refractivity contribution in [3.05, 3.63) is 70.0 Å². The molecule has 116 valence electrons. The van der Waals surface area contributed by atoms with Crippen LogP contribution < -0.4 is 5.32 Å². The first-order chi connectivity index (χ1) is 11.0. The molecule has 23 heavy (non-hydrogen) atoms. The fourth-order valence-corrected chi connectivity index (χ4v) is 2.39. The van der Waals surface area contributed by atoms with Gasteiger partial charge in [-0.1, -0.05) is 35.3 Å². The van der Waals surface area contributed by atoms with E-state index in [2.05, 4.69) is 10.3 Å². The molecule has 2 heterocycles. The zero-order valence-corrected chi connectivity index (χ0v) is 13.7. The molecule has 0 fully saturated rings. The molecule has 0 aliphatic rings. The van der Waals surface area contributed by atoms with Gasteiger partial charge in [-0.15, -0.1) is 0 Å². The Labute approximate surface area is 143 Å². The summed E-state index contributed by atoms with van der Waals surface area (Å²) in [6.45, 7) is 1.90. The number of carbonyl (C=O) groups is 1. The van der Waals surface area contributed by atoms with Crippen LogP contribution in [0.2, 0.25) is 10.0 Å². The molecule has 0 radical (unpaired) electrons. The van der Waals surface area contributed by atoms with Gasteiger partial charge in [-0.2, -0.15) is 0 Å². The number of hydrogen-bond acceptors (Lipinski definition) is 3. The van der Waals surface area contributed by atoms with E-state index in [1.165, 1.54) is 6.20 Å². The third kappa shape index (κ3) is 3.38. The van der Waals surface area contributed by atoms with Crippen LogP contribution in [0.15, 0.2) is 53.1 Å². The molecule has 1 aromatic carbocycles. The molecule has 6 heteroatoms. The maximum absolute atomic E-state index is 12.2. The van der Waals surface area contributed by atoms with Crippen LogP contribution in [-0.4, -0.2) is 10.9 Å². The number of furan rings is 1. The SMILES string of the molecule is Cc1c(Cl)cccc1-c1ccc(C(=O)Nc2ccc(Cl)cn2)o1. The molecule has 0 aliphatic heterocycles. The second-order valence-corrected chi connectivity index (χ2v) is 5.74. The molecule has 1 N–H and O–H groups in total. The minimum absolute atomic E-state index is 0.191. The Bertz CT molecular complexity index is 857. The van der Waals surface area contributed by atoms with E-state index >= 15 is 0 Å². The average molecular weight is 347 g/mol. The molecule has 4 nitrogen and oxygen atoms in total. The topological polar surface area (TPSA) is 55.1 Å². The summed E-state index contributed by atoms with van der Waals surface area (Å²) in [5, 5.41) is 3.80. The minimum atomic E-state index is -0.384. The minimum Gasteiger partial charge on any atom is -0.451 e. The molecule has 2 aromatic heterocycles. The molecule has 0 spiro atoms. The summed E-state index contributed by atoms with van der Waals surface area (Å²) < 4.78 is 5.64. The first-order valence-corrected chi connectivity index (χ1v) is 7.58. The molecule has 3 aromatic rings. The van der Waals surface area contributed by atoms with Crippen LogP contribution in [-0.2, 0) is 0 Å². The van der Waals surface area contributed by atoms with Crippen molar-refractivity contribution in [1.82, 2.24) is 4.98 Å². The van der Waals surface area contributed by atoms with Gasteiger partial charge in [0, 0.05) is 16.8 Å². The lowest BCUT2D eigenvalue weighted by Crippen LogP contribution is -2.11. The highest BCUT2D eigenvalue weighted by Gasteiger charge is 2.14. The van der Waals surface area contributed by atoms with E-state index in [1.54, 1.807) is 24.3 Å². The number of carbonyl (C=O) groups excluding carboxylic acids is 1. The van der Waals surface area contributed by atoms with Gasteiger partial charge in [0.05, 0.1) is 5.02 Å². The molecule has 0 aliphatic carbocycles. The highest BCUT2D eigenvalue weighted by Crippen LogP contribution is 2.29. The van der Waals surface area contributed by atoms with Crippen LogP contribution in [0.25, 0.3) is 11.3 Å². The molecule has 0 bridgehead atoms. The van der Waals surface area contributed by atoms with E-state index in [1.807, 2.05) is 25.1 Å². The second kappa shape index (κ2) is 6.44. The van der Waals surface area contributed by atoms with Gasteiger partial charge < -0.3 is 9.73 Å². The average Bonchev–Trinajstić information content (AvgIpc) is 3.02. The molecule has 0 saturated heterocycles. The van der Waals surface area contributed by atoms with E-state index < -0.39 is 0 Å². The molecular formula is C17H12Cl2N2O2. The fraction of sp³-hybridized carbons (Fsp3) is 0.0588. The highest BCUT2D eigenvalue weighted by molar-refractivity contribution is 6.31. The molecule has 1 amide bonds. The number of aromatic nitrogens is 1. The Morgan fingerprint density at radius 2 is 1.96 bits per heavy atom. The fourth-order valence-electron chi connectivity index (χ4n) is 2.11. The van der Waals surface area contributed by atoms with Gasteiger partial charge >= 0.3 is 0 Å². The molecule has 0 saturated carbocycles. The van der Waals surface area contributed by atoms with Gasteiger partial charge in [-0.05, 0) is 42.8 Å². The monoisotopic (exact) mass is 346 g/mol. The van der Waals surface area contributed by atoms with Gasteiger partial charge in [0.15, 0.2) is 5.76 Å². The maximum Gasteiger partial charge on any atom is 0.292 e. The standard InChI is InChI=1S/C17H12Cl2N2O2/c1-10-12(3-2-4-13(10)19)14-6-7-15(23-14)17(22)21-16-8-5-11(18)9-20-16/h2-9H,1H3,(H,20,21,22). The number of nitrogens with zero attached hydrogens (tertiary/aromatic N) is 1. The zero-order chi connectivity index (χ0) is 16.4. The molecule has 0 unspecified atom stereocenters. The lowest BCUT2D eigenvalue weighted by Gasteiger charge is -2.04. The van der Waals surface area contributed by atoms with Crippen LogP contribution in [0.3, 0.4) is 0 Å². The predicted octanol–water partition coefficient (Wildman–Crippen LogP) is 5.21. The van der Waals surface area contributed by atoms with Crippen molar-refractivity contribution in [2.45, 2.75) is 6.92 Å². The van der Waals surface area contributed by atoms with Gasteiger partial charge in [0.25, 0.3) is 5.91 Å². The third-order valence-corrected chi connectivity index (χ3v) is 3.96. The van der Waals surface area contributed by atoms with Gasteiger partial charge in [0.1, 0.15) is 11.6 Å². The largest absolute Gasteiger partial charge is 0.451 e. The Kier molecular flexibility index (Phi) is 4.37. The number of benzene rings is 1. The van der Waals surface area contributed by atoms with Crippen LogP contribution in [0, 0.1) is 6.92 Å². The summed E-state index contributed by atoms with van der Waals surface area (Å²) in [6.07, 6.45) is 1.46. The van der Waals surface area contributed by atoms with Crippen LogP contribution in [0.1, 0.15) is 16.1 Å². The summed E-state index contributed by atoms with van der Waals surface area (Å²) >= 11 is 11.9. The predicted molar refractivity (Wildman–Crippen MR) is 91.1 cm³/mol. The van der Waals surface area contributed by atoms with Crippen molar-refractivity contribution >= 4 is 34.9 Å². The number of pyridine rings is 1. The van der Waals surface area contributed by atoms with Gasteiger partial charge in [-0.25, -0.2) is 4.98 Å². The number of nitrogens with one attached hydrogen (secondary N) is 1. The number of halogens is 2. The van der Waals surface area contributed by atoms with Crippen molar-refractivity contribution in [2.24, 2.45) is 0 Å². The van der Waals surface area contributed by atoms with Crippen LogP contribution in [0.4, 0.5) is 5.82 Å². The number of rotatable bonds is 3. The summed E-state index contributed by atoms with van der Waals surface area (Å²) in [5.74, 6) is 0.789. The summed E-state index contributed by atoms with van der Waals surface area (Å²) in [7, 11) is 0. The quantitative estimate of drug-likeness (QED) is 0.708. The molecule has 3 rings (SSSR count). The van der Waals surface area contributed by atoms with Crippen molar-refractivity contribution in [1.29, 1.82) is 0 Å². The Balaban J connectivity index is 1.82. The molecule has 0 atom stereocenters. The van der Waals surface area contributed by atoms with Crippen molar-refractivity contribution < 1.29 is 9.21 Å². The van der Waals surface area contributed by atoms with Crippen LogP contribution in [0.5, 0.6) is 0 Å². The van der Waals surface area contributed by atoms with E-state index in [0.717, 1.165) is 11.1 Å². The summed E-state index contributed by atoms with van der Waals surface area (Å²) in [4.78, 5) is 16.2. The number of amides is 1. The highest BCUT2D eigenvalue weighted by atomic mass is 35.5.